The zero-order chi connectivity index (χ0) is 24.7. The van der Waals surface area contributed by atoms with Gasteiger partial charge in [-0.15, -0.1) is 5.11 Å². The van der Waals surface area contributed by atoms with Crippen molar-refractivity contribution in [3.63, 3.8) is 0 Å². The van der Waals surface area contributed by atoms with Gasteiger partial charge in [-0.2, -0.15) is 10.2 Å². The molecule has 0 radical (unpaired) electrons. The second-order valence-corrected chi connectivity index (χ2v) is 9.20. The highest BCUT2D eigenvalue weighted by atomic mass is 15.2. The van der Waals surface area contributed by atoms with Crippen LogP contribution >= 0.6 is 0 Å². The summed E-state index contributed by atoms with van der Waals surface area (Å²) in [5.41, 5.74) is 3.71. The molecule has 186 valence electrons. The topological polar surface area (TPSA) is 120 Å². The fourth-order valence-corrected chi connectivity index (χ4v) is 4.92. The molecule has 2 aromatic carbocycles. The average molecular weight is 484 g/mol. The van der Waals surface area contributed by atoms with E-state index in [9.17, 15) is 0 Å². The minimum Gasteiger partial charge on any atom is -0.369 e. The zero-order valence-electron chi connectivity index (χ0n) is 20.7. The molecule has 1 saturated heterocycles. The van der Waals surface area contributed by atoms with Crippen molar-refractivity contribution in [2.45, 2.75) is 32.1 Å². The number of aromatic nitrogens is 3. The summed E-state index contributed by atoms with van der Waals surface area (Å²) in [5.74, 6) is 7.56. The number of likely N-dealkylation sites (tertiary alicyclic amines) is 1. The smallest absolute Gasteiger partial charge is 0.200 e. The molecule has 1 fully saturated rings. The van der Waals surface area contributed by atoms with Crippen LogP contribution < -0.4 is 11.2 Å². The Morgan fingerprint density at radius 1 is 1.08 bits per heavy atom. The van der Waals surface area contributed by atoms with Gasteiger partial charge in [0.25, 0.3) is 0 Å². The number of hydrogen-bond donors (Lipinski definition) is 3. The third kappa shape index (κ3) is 5.36. The lowest BCUT2D eigenvalue weighted by Gasteiger charge is -2.26. The minimum atomic E-state index is 0.380. The van der Waals surface area contributed by atoms with Crippen molar-refractivity contribution >= 4 is 33.6 Å². The molecule has 0 spiro atoms. The van der Waals surface area contributed by atoms with E-state index in [1.807, 2.05) is 36.4 Å². The molecule has 0 amide bonds. The molecule has 36 heavy (non-hydrogen) atoms. The van der Waals surface area contributed by atoms with E-state index in [1.165, 1.54) is 37.9 Å². The maximum absolute atomic E-state index is 5.54. The van der Waals surface area contributed by atoms with E-state index in [-0.39, 0.29) is 0 Å². The molecule has 9 nitrogen and oxygen atoms in total. The van der Waals surface area contributed by atoms with Crippen LogP contribution in [0.15, 0.2) is 63.9 Å². The number of nitrogens with one attached hydrogen (secondary N) is 2. The molecule has 0 atom stereocenters. The van der Waals surface area contributed by atoms with Crippen LogP contribution in [-0.2, 0) is 6.42 Å². The van der Waals surface area contributed by atoms with E-state index in [0.717, 1.165) is 58.7 Å². The zero-order valence-corrected chi connectivity index (χ0v) is 20.7. The highest BCUT2D eigenvalue weighted by Crippen LogP contribution is 2.31. The van der Waals surface area contributed by atoms with Crippen LogP contribution in [0.2, 0.25) is 0 Å². The highest BCUT2D eigenvalue weighted by molar-refractivity contribution is 6.13. The Kier molecular flexibility index (Phi) is 7.47. The molecule has 3 heterocycles. The van der Waals surface area contributed by atoms with Crippen LogP contribution in [0.5, 0.6) is 0 Å². The van der Waals surface area contributed by atoms with E-state index in [4.69, 9.17) is 15.8 Å². The molecule has 9 heteroatoms. The van der Waals surface area contributed by atoms with Crippen molar-refractivity contribution in [3.05, 3.63) is 65.5 Å². The van der Waals surface area contributed by atoms with Crippen LogP contribution in [0.25, 0.3) is 21.9 Å². The summed E-state index contributed by atoms with van der Waals surface area (Å²) in [6.45, 7) is 4.41. The van der Waals surface area contributed by atoms with E-state index in [0.29, 0.717) is 12.3 Å². The van der Waals surface area contributed by atoms with Crippen LogP contribution in [0, 0.1) is 0 Å². The van der Waals surface area contributed by atoms with Gasteiger partial charge in [-0.3, -0.25) is 0 Å². The lowest BCUT2D eigenvalue weighted by atomic mass is 10.1. The average Bonchev–Trinajstić information content (AvgIpc) is 3.28. The van der Waals surface area contributed by atoms with Gasteiger partial charge in [0, 0.05) is 36.5 Å². The third-order valence-electron chi connectivity index (χ3n) is 6.67. The molecule has 4 N–H and O–H groups in total. The number of hydrazone groups is 1. The number of rotatable bonds is 8. The van der Waals surface area contributed by atoms with Crippen molar-refractivity contribution in [1.29, 1.82) is 0 Å². The molecule has 0 unspecified atom stereocenters. The molecule has 2 aromatic heterocycles. The van der Waals surface area contributed by atoms with Crippen LogP contribution in [0.3, 0.4) is 0 Å². The number of aromatic amines is 1. The largest absolute Gasteiger partial charge is 0.369 e. The lowest BCUT2D eigenvalue weighted by Crippen LogP contribution is -2.31. The molecular formula is C27H33N9. The first kappa shape index (κ1) is 23.9. The lowest BCUT2D eigenvalue weighted by molar-refractivity contribution is 0.228. The van der Waals surface area contributed by atoms with Crippen molar-refractivity contribution in [3.8, 4) is 0 Å². The Hall–Kier alpha value is -3.85. The number of hydrogen-bond acceptors (Lipinski definition) is 7. The fraction of sp³-hybridized carbons (Fsp3) is 0.370. The van der Waals surface area contributed by atoms with Crippen LogP contribution in [0.4, 0.5) is 5.82 Å². The number of benzene rings is 2. The Balaban J connectivity index is 1.47. The summed E-state index contributed by atoms with van der Waals surface area (Å²) in [6.07, 6.45) is 5.73. The van der Waals surface area contributed by atoms with Gasteiger partial charge in [0.1, 0.15) is 17.3 Å². The number of anilines is 1. The Morgan fingerprint density at radius 2 is 1.92 bits per heavy atom. The monoisotopic (exact) mass is 483 g/mol. The molecule has 0 bridgehead atoms. The number of nitrogens with two attached hydrogens (primary N) is 1. The van der Waals surface area contributed by atoms with Crippen LogP contribution in [-0.4, -0.2) is 58.9 Å². The molecule has 1 aliphatic rings. The number of amidine groups is 1. The van der Waals surface area contributed by atoms with Gasteiger partial charge in [-0.25, -0.2) is 9.97 Å². The van der Waals surface area contributed by atoms with Gasteiger partial charge < -0.3 is 21.0 Å². The normalized spacial score (nSPS) is 15.3. The molecule has 0 aliphatic carbocycles. The van der Waals surface area contributed by atoms with Crippen molar-refractivity contribution in [2.24, 2.45) is 21.2 Å². The van der Waals surface area contributed by atoms with E-state index in [1.54, 1.807) is 7.05 Å². The summed E-state index contributed by atoms with van der Waals surface area (Å²) in [4.78, 5) is 15.9. The highest BCUT2D eigenvalue weighted by Gasteiger charge is 2.16. The molecular weight excluding hydrogens is 450 g/mol. The van der Waals surface area contributed by atoms with Gasteiger partial charge in [-0.1, -0.05) is 48.9 Å². The van der Waals surface area contributed by atoms with Gasteiger partial charge in [-0.05, 0) is 50.5 Å². The Labute approximate surface area is 210 Å². The maximum atomic E-state index is 5.54. The molecule has 5 rings (SSSR count). The van der Waals surface area contributed by atoms with Gasteiger partial charge in [0.15, 0.2) is 5.84 Å². The number of azo groups is 1. The number of nitrogens with zero attached hydrogens (tertiary/aromatic N) is 6. The molecule has 0 saturated carbocycles. The van der Waals surface area contributed by atoms with Crippen molar-refractivity contribution in [1.82, 2.24) is 19.9 Å². The first-order valence-corrected chi connectivity index (χ1v) is 12.7. The van der Waals surface area contributed by atoms with E-state index >= 15 is 0 Å². The summed E-state index contributed by atoms with van der Waals surface area (Å²) < 4.78 is 0. The Morgan fingerprint density at radius 3 is 2.69 bits per heavy atom. The summed E-state index contributed by atoms with van der Waals surface area (Å²) in [5, 5.41) is 17.3. The minimum absolute atomic E-state index is 0.380. The van der Waals surface area contributed by atoms with Crippen molar-refractivity contribution in [2.75, 3.05) is 38.5 Å². The second kappa shape index (κ2) is 11.3. The van der Waals surface area contributed by atoms with Gasteiger partial charge in [0.05, 0.1) is 5.39 Å². The fourth-order valence-electron chi connectivity index (χ4n) is 4.92. The van der Waals surface area contributed by atoms with Gasteiger partial charge >= 0.3 is 0 Å². The Bertz CT molecular complexity index is 1370. The third-order valence-corrected chi connectivity index (χ3v) is 6.67. The first-order valence-electron chi connectivity index (χ1n) is 12.7. The van der Waals surface area contributed by atoms with Gasteiger partial charge in [0.2, 0.25) is 0 Å². The summed E-state index contributed by atoms with van der Waals surface area (Å²) in [6, 6.07) is 16.3. The SMILES string of the molecule is CN=N/C(=N\N)c1ccc2c(c1)[nH]c1nc(Cc3ccccc3)nc(NCCCN3CCCCC3)c12. The van der Waals surface area contributed by atoms with Crippen molar-refractivity contribution < 1.29 is 0 Å². The molecule has 4 aromatic rings. The number of piperidine rings is 1. The predicted octanol–water partition coefficient (Wildman–Crippen LogP) is 4.69. The number of H-pyrrole nitrogens is 1. The molecule has 1 aliphatic heterocycles. The first-order chi connectivity index (χ1) is 17.7. The summed E-state index contributed by atoms with van der Waals surface area (Å²) in [7, 11) is 1.60. The summed E-state index contributed by atoms with van der Waals surface area (Å²) >= 11 is 0. The van der Waals surface area contributed by atoms with E-state index < -0.39 is 0 Å². The standard InChI is InChI=1S/C27H33N9/c1-29-35-25(34-28)20-11-12-21-22(18-20)31-27-24(21)26(30-13-8-16-36-14-6-3-7-15-36)32-23(33-27)17-19-9-4-2-5-10-19/h2,4-5,9-12,18H,3,6-8,13-17,28H2,1H3,(H2,30,31,32,33)/b34-25-,35-29?. The predicted molar refractivity (Wildman–Crippen MR) is 146 cm³/mol. The second-order valence-electron chi connectivity index (χ2n) is 9.20. The number of fused-ring (bicyclic) bond motifs is 3. The maximum Gasteiger partial charge on any atom is 0.200 e. The van der Waals surface area contributed by atoms with Crippen LogP contribution in [0.1, 0.15) is 42.6 Å². The quantitative estimate of drug-likeness (QED) is 0.0838. The van der Waals surface area contributed by atoms with E-state index in [2.05, 4.69) is 42.7 Å².